The first kappa shape index (κ1) is 16.7. The van der Waals surface area contributed by atoms with E-state index in [9.17, 15) is 4.79 Å². The van der Waals surface area contributed by atoms with Crippen LogP contribution in [0.2, 0.25) is 5.02 Å². The molecule has 6 nitrogen and oxygen atoms in total. The van der Waals surface area contributed by atoms with E-state index in [1.807, 2.05) is 19.1 Å². The molecule has 2 aromatic carbocycles. The molecule has 126 valence electrons. The number of carboxylic acids is 1. The summed E-state index contributed by atoms with van der Waals surface area (Å²) in [5.74, 6) is 0.0736. The summed E-state index contributed by atoms with van der Waals surface area (Å²) in [5.41, 5.74) is 2.53. The molecule has 3 aromatic rings. The lowest BCUT2D eigenvalue weighted by atomic mass is 10.2. The molecule has 0 aliphatic rings. The van der Waals surface area contributed by atoms with E-state index < -0.39 is 5.97 Å². The Morgan fingerprint density at radius 2 is 1.76 bits per heavy atom. The van der Waals surface area contributed by atoms with Gasteiger partial charge < -0.3 is 15.7 Å². The maximum atomic E-state index is 10.9. The van der Waals surface area contributed by atoms with Gasteiger partial charge in [0.1, 0.15) is 5.82 Å². The average Bonchev–Trinajstić information content (AvgIpc) is 2.54. The first-order valence-corrected chi connectivity index (χ1v) is 7.86. The van der Waals surface area contributed by atoms with E-state index in [1.54, 1.807) is 30.3 Å². The van der Waals surface area contributed by atoms with Gasteiger partial charge in [0.25, 0.3) is 0 Å². The Bertz CT molecular complexity index is 913. The van der Waals surface area contributed by atoms with Crippen molar-refractivity contribution in [2.24, 2.45) is 0 Å². The zero-order chi connectivity index (χ0) is 17.8. The molecule has 0 unspecified atom stereocenters. The van der Waals surface area contributed by atoms with Gasteiger partial charge in [-0.05, 0) is 49.4 Å². The van der Waals surface area contributed by atoms with Crippen LogP contribution in [0.4, 0.5) is 23.1 Å². The number of aryl methyl sites for hydroxylation is 1. The van der Waals surface area contributed by atoms with Crippen molar-refractivity contribution in [1.29, 1.82) is 0 Å². The van der Waals surface area contributed by atoms with E-state index in [2.05, 4.69) is 20.6 Å². The second-order valence-electron chi connectivity index (χ2n) is 5.36. The predicted octanol–water partition coefficient (Wildman–Crippen LogP) is 4.62. The van der Waals surface area contributed by atoms with Crippen LogP contribution in [0.5, 0.6) is 0 Å². The van der Waals surface area contributed by atoms with E-state index in [0.29, 0.717) is 16.8 Å². The molecule has 1 heterocycles. The Morgan fingerprint density at radius 3 is 2.44 bits per heavy atom. The van der Waals surface area contributed by atoms with Gasteiger partial charge in [-0.2, -0.15) is 4.98 Å². The van der Waals surface area contributed by atoms with E-state index in [0.717, 1.165) is 17.1 Å². The van der Waals surface area contributed by atoms with Gasteiger partial charge in [-0.3, -0.25) is 0 Å². The maximum absolute atomic E-state index is 10.9. The third kappa shape index (κ3) is 4.45. The Balaban J connectivity index is 1.80. The predicted molar refractivity (Wildman–Crippen MR) is 98.2 cm³/mol. The van der Waals surface area contributed by atoms with Crippen LogP contribution in [0.3, 0.4) is 0 Å². The Hall–Kier alpha value is -3.12. The van der Waals surface area contributed by atoms with E-state index in [1.165, 1.54) is 12.1 Å². The molecule has 0 aliphatic carbocycles. The van der Waals surface area contributed by atoms with Crippen LogP contribution < -0.4 is 10.6 Å². The smallest absolute Gasteiger partial charge is 0.335 e. The minimum Gasteiger partial charge on any atom is -0.478 e. The SMILES string of the molecule is Cc1cc(Nc2ccc(C(=O)O)cc2)nc(Nc2cccc(Cl)c2)n1. The number of nitrogens with one attached hydrogen (secondary N) is 2. The molecule has 3 N–H and O–H groups in total. The second kappa shape index (κ2) is 7.19. The van der Waals surface area contributed by atoms with Crippen molar-refractivity contribution in [3.8, 4) is 0 Å². The second-order valence-corrected chi connectivity index (χ2v) is 5.80. The van der Waals surface area contributed by atoms with E-state index >= 15 is 0 Å². The van der Waals surface area contributed by atoms with Gasteiger partial charge in [-0.15, -0.1) is 0 Å². The highest BCUT2D eigenvalue weighted by Gasteiger charge is 2.06. The monoisotopic (exact) mass is 354 g/mol. The molecule has 0 amide bonds. The third-order valence-corrected chi connectivity index (χ3v) is 3.57. The lowest BCUT2D eigenvalue weighted by molar-refractivity contribution is 0.0697. The Kier molecular flexibility index (Phi) is 4.81. The summed E-state index contributed by atoms with van der Waals surface area (Å²) < 4.78 is 0. The minimum atomic E-state index is -0.961. The molecule has 0 aliphatic heterocycles. The number of anilines is 4. The third-order valence-electron chi connectivity index (χ3n) is 3.34. The van der Waals surface area contributed by atoms with Gasteiger partial charge in [0.2, 0.25) is 5.95 Å². The number of carboxylic acid groups (broad SMARTS) is 1. The molecule has 0 spiro atoms. The fourth-order valence-electron chi connectivity index (χ4n) is 2.23. The number of aromatic nitrogens is 2. The molecule has 25 heavy (non-hydrogen) atoms. The van der Waals surface area contributed by atoms with Gasteiger partial charge in [0.05, 0.1) is 5.56 Å². The Morgan fingerprint density at radius 1 is 1.00 bits per heavy atom. The van der Waals surface area contributed by atoms with Crippen LogP contribution in [0.1, 0.15) is 16.1 Å². The van der Waals surface area contributed by atoms with Crippen LogP contribution in [0.15, 0.2) is 54.6 Å². The molecule has 0 radical (unpaired) electrons. The molecular weight excluding hydrogens is 340 g/mol. The van der Waals surface area contributed by atoms with Crippen molar-refractivity contribution in [1.82, 2.24) is 9.97 Å². The molecule has 0 saturated carbocycles. The lowest BCUT2D eigenvalue weighted by Gasteiger charge is -2.10. The molecule has 0 bridgehead atoms. The van der Waals surface area contributed by atoms with Crippen LogP contribution in [-0.2, 0) is 0 Å². The first-order chi connectivity index (χ1) is 12.0. The van der Waals surface area contributed by atoms with Crippen LogP contribution in [0.25, 0.3) is 0 Å². The number of carbonyl (C=O) groups is 1. The fourth-order valence-corrected chi connectivity index (χ4v) is 2.42. The fraction of sp³-hybridized carbons (Fsp3) is 0.0556. The van der Waals surface area contributed by atoms with E-state index in [4.69, 9.17) is 16.7 Å². The highest BCUT2D eigenvalue weighted by Crippen LogP contribution is 2.21. The molecule has 0 fully saturated rings. The average molecular weight is 355 g/mol. The number of rotatable bonds is 5. The van der Waals surface area contributed by atoms with Crippen molar-refractivity contribution in [3.05, 3.63) is 70.9 Å². The number of hydrogen-bond donors (Lipinski definition) is 3. The van der Waals surface area contributed by atoms with Gasteiger partial charge in [0.15, 0.2) is 0 Å². The highest BCUT2D eigenvalue weighted by molar-refractivity contribution is 6.30. The molecular formula is C18H15ClN4O2. The minimum absolute atomic E-state index is 0.229. The summed E-state index contributed by atoms with van der Waals surface area (Å²) in [6.45, 7) is 1.86. The molecule has 3 rings (SSSR count). The summed E-state index contributed by atoms with van der Waals surface area (Å²) in [7, 11) is 0. The quantitative estimate of drug-likeness (QED) is 0.619. The topological polar surface area (TPSA) is 87.1 Å². The number of hydrogen-bond acceptors (Lipinski definition) is 5. The van der Waals surface area contributed by atoms with Crippen molar-refractivity contribution in [3.63, 3.8) is 0 Å². The number of halogens is 1. The van der Waals surface area contributed by atoms with Crippen molar-refractivity contribution in [2.45, 2.75) is 6.92 Å². The molecule has 0 atom stereocenters. The summed E-state index contributed by atoms with van der Waals surface area (Å²) in [6, 6.07) is 15.5. The Labute approximate surface area is 149 Å². The van der Waals surface area contributed by atoms with Gasteiger partial charge in [-0.1, -0.05) is 17.7 Å². The zero-order valence-corrected chi connectivity index (χ0v) is 14.1. The summed E-state index contributed by atoms with van der Waals surface area (Å²) in [4.78, 5) is 19.7. The lowest BCUT2D eigenvalue weighted by Crippen LogP contribution is -2.02. The first-order valence-electron chi connectivity index (χ1n) is 7.48. The van der Waals surface area contributed by atoms with Gasteiger partial charge in [-0.25, -0.2) is 9.78 Å². The maximum Gasteiger partial charge on any atom is 0.335 e. The number of aromatic carboxylic acids is 1. The van der Waals surface area contributed by atoms with Crippen molar-refractivity contribution in [2.75, 3.05) is 10.6 Å². The molecule has 0 saturated heterocycles. The van der Waals surface area contributed by atoms with Crippen molar-refractivity contribution < 1.29 is 9.90 Å². The van der Waals surface area contributed by atoms with Crippen LogP contribution >= 0.6 is 11.6 Å². The molecule has 7 heteroatoms. The van der Waals surface area contributed by atoms with Crippen LogP contribution in [0, 0.1) is 6.92 Å². The van der Waals surface area contributed by atoms with Crippen molar-refractivity contribution >= 4 is 40.7 Å². The highest BCUT2D eigenvalue weighted by atomic mass is 35.5. The standard InChI is InChI=1S/C18H15ClN4O2/c1-11-9-16(21-14-7-5-12(6-8-14)17(24)25)23-18(20-11)22-15-4-2-3-13(19)10-15/h2-10H,1H3,(H,24,25)(H2,20,21,22,23). The summed E-state index contributed by atoms with van der Waals surface area (Å²) >= 11 is 5.98. The zero-order valence-electron chi connectivity index (χ0n) is 13.3. The summed E-state index contributed by atoms with van der Waals surface area (Å²) in [6.07, 6.45) is 0. The number of nitrogens with zero attached hydrogens (tertiary/aromatic N) is 2. The normalized spacial score (nSPS) is 10.3. The van der Waals surface area contributed by atoms with Gasteiger partial charge in [0, 0.05) is 28.2 Å². The largest absolute Gasteiger partial charge is 0.478 e. The molecule has 1 aromatic heterocycles. The summed E-state index contributed by atoms with van der Waals surface area (Å²) in [5, 5.41) is 15.8. The van der Waals surface area contributed by atoms with Crippen LogP contribution in [-0.4, -0.2) is 21.0 Å². The van der Waals surface area contributed by atoms with E-state index in [-0.39, 0.29) is 5.56 Å². The number of benzene rings is 2. The van der Waals surface area contributed by atoms with Gasteiger partial charge >= 0.3 is 5.97 Å².